The summed E-state index contributed by atoms with van der Waals surface area (Å²) in [4.78, 5) is 0.164. The van der Waals surface area contributed by atoms with Crippen LogP contribution in [0.1, 0.15) is 17.8 Å². The molecule has 2 heterocycles. The lowest BCUT2D eigenvalue weighted by Gasteiger charge is -2.21. The number of H-pyrrole nitrogens is 1. The van der Waals surface area contributed by atoms with E-state index in [2.05, 4.69) is 20.2 Å². The summed E-state index contributed by atoms with van der Waals surface area (Å²) in [6.45, 7) is 4.39. The van der Waals surface area contributed by atoms with Crippen molar-refractivity contribution in [1.82, 2.24) is 20.2 Å². The first-order valence-corrected chi connectivity index (χ1v) is 7.27. The van der Waals surface area contributed by atoms with Crippen molar-refractivity contribution in [3.8, 4) is 0 Å². The van der Waals surface area contributed by atoms with Crippen molar-refractivity contribution in [3.05, 3.63) is 11.4 Å². The van der Waals surface area contributed by atoms with Gasteiger partial charge in [-0.2, -0.15) is 5.10 Å². The minimum Gasteiger partial charge on any atom is -0.387 e. The first-order chi connectivity index (χ1) is 8.34. The molecule has 0 radical (unpaired) electrons. The van der Waals surface area contributed by atoms with E-state index in [4.69, 9.17) is 0 Å². The third-order valence-corrected chi connectivity index (χ3v) is 4.81. The van der Waals surface area contributed by atoms with Gasteiger partial charge in [-0.25, -0.2) is 13.1 Å². The largest absolute Gasteiger partial charge is 0.387 e. The lowest BCUT2D eigenvalue weighted by molar-refractivity contribution is 0.0667. The summed E-state index contributed by atoms with van der Waals surface area (Å²) in [5.74, 6) is 0. The molecule has 1 aromatic rings. The molecule has 0 aromatic carbocycles. The topological polar surface area (TPSA) is 107 Å². The minimum atomic E-state index is -3.64. The number of hydrogen-bond acceptors (Lipinski definition) is 5. The molecule has 0 spiro atoms. The third kappa shape index (κ3) is 2.56. The maximum absolute atomic E-state index is 12.1. The Hall–Kier alpha value is -0.960. The number of aryl methyl sites for hydroxylation is 2. The Balaban J connectivity index is 2.13. The molecule has 102 valence electrons. The standard InChI is InChI=1S/C10H18N4O3S/c1-7-9(8(2)14-13-7)18(16,17)12-6-10(15)3-4-11-5-10/h11-12,15H,3-6H2,1-2H3,(H,13,14). The maximum Gasteiger partial charge on any atom is 0.244 e. The molecule has 0 saturated carbocycles. The highest BCUT2D eigenvalue weighted by Crippen LogP contribution is 2.18. The molecule has 4 N–H and O–H groups in total. The van der Waals surface area contributed by atoms with Gasteiger partial charge in [-0.15, -0.1) is 0 Å². The summed E-state index contributed by atoms with van der Waals surface area (Å²) in [5.41, 5.74) is -0.0772. The van der Waals surface area contributed by atoms with Crippen LogP contribution in [0.15, 0.2) is 4.90 Å². The predicted octanol–water partition coefficient (Wildman–Crippen LogP) is -0.971. The highest BCUT2D eigenvalue weighted by Gasteiger charge is 2.33. The molecule has 1 saturated heterocycles. The smallest absolute Gasteiger partial charge is 0.244 e. The van der Waals surface area contributed by atoms with Gasteiger partial charge in [0, 0.05) is 13.1 Å². The first kappa shape index (κ1) is 13.5. The van der Waals surface area contributed by atoms with Crippen LogP contribution in [0, 0.1) is 13.8 Å². The van der Waals surface area contributed by atoms with E-state index in [0.29, 0.717) is 30.9 Å². The molecule has 0 aliphatic carbocycles. The SMILES string of the molecule is Cc1n[nH]c(C)c1S(=O)(=O)NCC1(O)CCNC1. The molecule has 7 nitrogen and oxygen atoms in total. The number of sulfonamides is 1. The van der Waals surface area contributed by atoms with Crippen LogP contribution < -0.4 is 10.0 Å². The van der Waals surface area contributed by atoms with E-state index in [1.54, 1.807) is 13.8 Å². The summed E-state index contributed by atoms with van der Waals surface area (Å²) >= 11 is 0. The molecule has 18 heavy (non-hydrogen) atoms. The third-order valence-electron chi connectivity index (χ3n) is 3.14. The van der Waals surface area contributed by atoms with Crippen molar-refractivity contribution in [2.75, 3.05) is 19.6 Å². The second-order valence-corrected chi connectivity index (χ2v) is 6.44. The maximum atomic E-state index is 12.1. The second-order valence-electron chi connectivity index (χ2n) is 4.74. The number of aromatic nitrogens is 2. The van der Waals surface area contributed by atoms with Crippen LogP contribution in [0.2, 0.25) is 0 Å². The molecule has 1 unspecified atom stereocenters. The van der Waals surface area contributed by atoms with Gasteiger partial charge in [0.05, 0.1) is 17.0 Å². The van der Waals surface area contributed by atoms with Crippen molar-refractivity contribution in [2.24, 2.45) is 0 Å². The summed E-state index contributed by atoms with van der Waals surface area (Å²) in [6, 6.07) is 0. The van der Waals surface area contributed by atoms with Crippen LogP contribution in [-0.4, -0.2) is 49.0 Å². The number of β-amino-alcohol motifs (C(OH)–C–C–N with tert-alkyl or cyclic N) is 1. The Morgan fingerprint density at radius 1 is 1.50 bits per heavy atom. The monoisotopic (exact) mass is 274 g/mol. The fourth-order valence-electron chi connectivity index (χ4n) is 2.12. The predicted molar refractivity (Wildman–Crippen MR) is 65.7 cm³/mol. The summed E-state index contributed by atoms with van der Waals surface area (Å²) < 4.78 is 26.7. The van der Waals surface area contributed by atoms with Crippen LogP contribution in [0.5, 0.6) is 0 Å². The first-order valence-electron chi connectivity index (χ1n) is 5.78. The molecule has 0 bridgehead atoms. The number of nitrogens with one attached hydrogen (secondary N) is 3. The number of nitrogens with zero attached hydrogens (tertiary/aromatic N) is 1. The van der Waals surface area contributed by atoms with Crippen LogP contribution in [0.25, 0.3) is 0 Å². The van der Waals surface area contributed by atoms with E-state index >= 15 is 0 Å². The average Bonchev–Trinajstić information content (AvgIpc) is 2.85. The number of hydrogen-bond donors (Lipinski definition) is 4. The molecular formula is C10H18N4O3S. The molecule has 1 aliphatic heterocycles. The Morgan fingerprint density at radius 3 is 2.72 bits per heavy atom. The Labute approximate surface area is 106 Å². The van der Waals surface area contributed by atoms with Crippen molar-refractivity contribution >= 4 is 10.0 Å². The molecule has 0 amide bonds. The molecule has 1 fully saturated rings. The van der Waals surface area contributed by atoms with Crippen LogP contribution in [0.3, 0.4) is 0 Å². The van der Waals surface area contributed by atoms with Gasteiger partial charge < -0.3 is 10.4 Å². The van der Waals surface area contributed by atoms with Crippen molar-refractivity contribution in [1.29, 1.82) is 0 Å². The minimum absolute atomic E-state index is 0.00634. The molecule has 8 heteroatoms. The zero-order valence-electron chi connectivity index (χ0n) is 10.4. The number of rotatable bonds is 4. The van der Waals surface area contributed by atoms with Gasteiger partial charge >= 0.3 is 0 Å². The molecule has 2 rings (SSSR count). The number of aromatic amines is 1. The lowest BCUT2D eigenvalue weighted by atomic mass is 10.1. The molecular weight excluding hydrogens is 256 g/mol. The van der Waals surface area contributed by atoms with Gasteiger partial charge in [0.15, 0.2) is 0 Å². The van der Waals surface area contributed by atoms with E-state index in [1.165, 1.54) is 0 Å². The highest BCUT2D eigenvalue weighted by atomic mass is 32.2. The zero-order chi connectivity index (χ0) is 13.4. The van der Waals surface area contributed by atoms with Crippen molar-refractivity contribution < 1.29 is 13.5 Å². The van der Waals surface area contributed by atoms with Crippen LogP contribution >= 0.6 is 0 Å². The van der Waals surface area contributed by atoms with Crippen molar-refractivity contribution in [3.63, 3.8) is 0 Å². The normalized spacial score (nSPS) is 24.6. The Kier molecular flexibility index (Phi) is 3.45. The fourth-order valence-corrected chi connectivity index (χ4v) is 3.61. The second kappa shape index (κ2) is 4.61. The van der Waals surface area contributed by atoms with Gasteiger partial charge in [0.1, 0.15) is 4.90 Å². The van der Waals surface area contributed by atoms with Gasteiger partial charge in [0.2, 0.25) is 10.0 Å². The van der Waals surface area contributed by atoms with E-state index in [-0.39, 0.29) is 11.4 Å². The van der Waals surface area contributed by atoms with Crippen molar-refractivity contribution in [2.45, 2.75) is 30.8 Å². The molecule has 1 aliphatic rings. The summed E-state index contributed by atoms with van der Waals surface area (Å²) in [7, 11) is -3.64. The summed E-state index contributed by atoms with van der Waals surface area (Å²) in [6.07, 6.45) is 0.541. The highest BCUT2D eigenvalue weighted by molar-refractivity contribution is 7.89. The fraction of sp³-hybridized carbons (Fsp3) is 0.700. The molecule has 1 atom stereocenters. The molecule has 1 aromatic heterocycles. The average molecular weight is 274 g/mol. The van der Waals surface area contributed by atoms with Gasteiger partial charge in [-0.1, -0.05) is 0 Å². The van der Waals surface area contributed by atoms with Gasteiger partial charge in [-0.05, 0) is 26.8 Å². The van der Waals surface area contributed by atoms with Gasteiger partial charge in [-0.3, -0.25) is 5.10 Å². The Bertz CT molecular complexity index is 512. The van der Waals surface area contributed by atoms with Crippen LogP contribution in [0.4, 0.5) is 0 Å². The lowest BCUT2D eigenvalue weighted by Crippen LogP contribution is -2.44. The van der Waals surface area contributed by atoms with Crippen LogP contribution in [-0.2, 0) is 10.0 Å². The zero-order valence-corrected chi connectivity index (χ0v) is 11.3. The number of aliphatic hydroxyl groups is 1. The van der Waals surface area contributed by atoms with Gasteiger partial charge in [0.25, 0.3) is 0 Å². The van der Waals surface area contributed by atoms with E-state index in [1.807, 2.05) is 0 Å². The van der Waals surface area contributed by atoms with E-state index in [0.717, 1.165) is 0 Å². The quantitative estimate of drug-likeness (QED) is 0.565. The van der Waals surface area contributed by atoms with E-state index < -0.39 is 15.6 Å². The summed E-state index contributed by atoms with van der Waals surface area (Å²) in [5, 5.41) is 19.6. The Morgan fingerprint density at radius 2 is 2.22 bits per heavy atom. The van der Waals surface area contributed by atoms with E-state index in [9.17, 15) is 13.5 Å².